The average Bonchev–Trinajstić information content (AvgIpc) is 3.00. The van der Waals surface area contributed by atoms with E-state index in [4.69, 9.17) is 4.74 Å². The van der Waals surface area contributed by atoms with Gasteiger partial charge in [-0.2, -0.15) is 5.10 Å². The van der Waals surface area contributed by atoms with E-state index in [9.17, 15) is 9.90 Å². The molecule has 0 aliphatic rings. The van der Waals surface area contributed by atoms with Crippen LogP contribution in [0.3, 0.4) is 0 Å². The number of carbonyl (C=O) groups is 1. The van der Waals surface area contributed by atoms with Crippen molar-refractivity contribution >= 4 is 5.91 Å². The number of rotatable bonds is 8. The second kappa shape index (κ2) is 8.64. The minimum Gasteiger partial charge on any atom is -0.471 e. The third-order valence-electron chi connectivity index (χ3n) is 3.63. The molecular weight excluding hydrogens is 320 g/mol. The highest BCUT2D eigenvalue weighted by atomic mass is 16.5. The molecule has 1 heterocycles. The molecular formula is C18H26N4O3. The fourth-order valence-corrected chi connectivity index (χ4v) is 2.44. The van der Waals surface area contributed by atoms with Gasteiger partial charge in [0.25, 0.3) is 5.91 Å². The molecule has 0 aliphatic carbocycles. The normalized spacial score (nSPS) is 12.2. The molecule has 1 amide bonds. The van der Waals surface area contributed by atoms with E-state index in [1.165, 1.54) is 5.56 Å². The van der Waals surface area contributed by atoms with E-state index >= 15 is 0 Å². The number of aryl methyl sites for hydroxylation is 2. The number of hydrogen-bond donors (Lipinski definition) is 2. The van der Waals surface area contributed by atoms with E-state index in [-0.39, 0.29) is 19.2 Å². The lowest BCUT2D eigenvalue weighted by Gasteiger charge is -2.15. The molecule has 1 unspecified atom stereocenters. The maximum Gasteiger partial charge on any atom is 0.271 e. The van der Waals surface area contributed by atoms with Gasteiger partial charge in [0.15, 0.2) is 6.73 Å². The summed E-state index contributed by atoms with van der Waals surface area (Å²) in [6, 6.07) is 7.59. The number of nitrogens with one attached hydrogen (secondary N) is 1. The van der Waals surface area contributed by atoms with E-state index in [1.807, 2.05) is 45.0 Å². The molecule has 1 atom stereocenters. The van der Waals surface area contributed by atoms with Crippen LogP contribution in [0.2, 0.25) is 0 Å². The van der Waals surface area contributed by atoms with Crippen LogP contribution in [0.5, 0.6) is 5.75 Å². The second-order valence-electron chi connectivity index (χ2n) is 6.41. The number of aliphatic hydroxyl groups is 1. The SMILES string of the molecule is Cc1ccc(OCn2ccc(C(=O)NCC(O)CN(C)C)n2)c(C)c1. The Bertz CT molecular complexity index is 712. The Hall–Kier alpha value is -2.38. The quantitative estimate of drug-likeness (QED) is 0.751. The summed E-state index contributed by atoms with van der Waals surface area (Å²) in [5, 5.41) is 16.6. The number of nitrogens with zero attached hydrogens (tertiary/aromatic N) is 3. The van der Waals surface area contributed by atoms with E-state index in [2.05, 4.69) is 16.5 Å². The van der Waals surface area contributed by atoms with Gasteiger partial charge in [-0.25, -0.2) is 4.68 Å². The van der Waals surface area contributed by atoms with Gasteiger partial charge in [-0.05, 0) is 45.6 Å². The first-order valence-electron chi connectivity index (χ1n) is 8.19. The molecule has 0 fully saturated rings. The lowest BCUT2D eigenvalue weighted by atomic mass is 10.1. The third-order valence-corrected chi connectivity index (χ3v) is 3.63. The molecule has 0 saturated heterocycles. The first kappa shape index (κ1) is 19.0. The summed E-state index contributed by atoms with van der Waals surface area (Å²) in [4.78, 5) is 13.9. The molecule has 1 aromatic heterocycles. The van der Waals surface area contributed by atoms with Crippen molar-refractivity contribution in [3.05, 3.63) is 47.3 Å². The molecule has 2 rings (SSSR count). The summed E-state index contributed by atoms with van der Waals surface area (Å²) in [5.41, 5.74) is 2.53. The summed E-state index contributed by atoms with van der Waals surface area (Å²) < 4.78 is 7.30. The van der Waals surface area contributed by atoms with E-state index in [0.29, 0.717) is 12.2 Å². The number of hydrogen-bond acceptors (Lipinski definition) is 5. The Labute approximate surface area is 148 Å². The van der Waals surface area contributed by atoms with Crippen LogP contribution >= 0.6 is 0 Å². The van der Waals surface area contributed by atoms with Gasteiger partial charge >= 0.3 is 0 Å². The van der Waals surface area contributed by atoms with E-state index < -0.39 is 6.10 Å². The van der Waals surface area contributed by atoms with E-state index in [1.54, 1.807) is 16.9 Å². The van der Waals surface area contributed by atoms with Crippen molar-refractivity contribution in [2.24, 2.45) is 0 Å². The maximum atomic E-state index is 12.1. The van der Waals surface area contributed by atoms with Gasteiger partial charge < -0.3 is 20.1 Å². The molecule has 25 heavy (non-hydrogen) atoms. The van der Waals surface area contributed by atoms with Gasteiger partial charge in [-0.1, -0.05) is 17.7 Å². The molecule has 0 spiro atoms. The Morgan fingerprint density at radius 1 is 1.36 bits per heavy atom. The molecule has 1 aromatic carbocycles. The molecule has 0 saturated carbocycles. The van der Waals surface area contributed by atoms with Crippen molar-refractivity contribution < 1.29 is 14.6 Å². The van der Waals surface area contributed by atoms with Crippen molar-refractivity contribution in [3.8, 4) is 5.75 Å². The van der Waals surface area contributed by atoms with Crippen molar-refractivity contribution in [2.45, 2.75) is 26.7 Å². The summed E-state index contributed by atoms with van der Waals surface area (Å²) in [5.74, 6) is 0.474. The van der Waals surface area contributed by atoms with Crippen molar-refractivity contribution in [3.63, 3.8) is 0 Å². The Morgan fingerprint density at radius 3 is 2.80 bits per heavy atom. The van der Waals surface area contributed by atoms with Crippen LogP contribution < -0.4 is 10.1 Å². The minimum atomic E-state index is -0.617. The number of carbonyl (C=O) groups excluding carboxylic acids is 1. The highest BCUT2D eigenvalue weighted by Gasteiger charge is 2.12. The van der Waals surface area contributed by atoms with Gasteiger partial charge in [0.2, 0.25) is 0 Å². The summed E-state index contributed by atoms with van der Waals surface area (Å²) in [7, 11) is 3.73. The van der Waals surface area contributed by atoms with Crippen molar-refractivity contribution in [2.75, 3.05) is 27.2 Å². The highest BCUT2D eigenvalue weighted by molar-refractivity contribution is 5.92. The standard InChI is InChI=1S/C18H26N4O3/c1-13-5-6-17(14(2)9-13)25-12-22-8-7-16(20-22)18(24)19-10-15(23)11-21(3)4/h5-9,15,23H,10-12H2,1-4H3,(H,19,24). The molecule has 7 nitrogen and oxygen atoms in total. The predicted octanol–water partition coefficient (Wildman–Crippen LogP) is 1.19. The van der Waals surface area contributed by atoms with E-state index in [0.717, 1.165) is 11.3 Å². The Morgan fingerprint density at radius 2 is 2.12 bits per heavy atom. The number of ether oxygens (including phenoxy) is 1. The Kier molecular flexibility index (Phi) is 6.55. The monoisotopic (exact) mass is 346 g/mol. The lowest BCUT2D eigenvalue weighted by molar-refractivity contribution is 0.0885. The fraction of sp³-hybridized carbons (Fsp3) is 0.444. The molecule has 7 heteroatoms. The lowest BCUT2D eigenvalue weighted by Crippen LogP contribution is -2.37. The van der Waals surface area contributed by atoms with Crippen LogP contribution in [0.25, 0.3) is 0 Å². The minimum absolute atomic E-state index is 0.183. The summed E-state index contributed by atoms with van der Waals surface area (Å²) in [6.45, 7) is 4.91. The number of benzene rings is 1. The number of aromatic nitrogens is 2. The molecule has 0 aliphatic heterocycles. The smallest absolute Gasteiger partial charge is 0.271 e. The van der Waals surface area contributed by atoms with Crippen LogP contribution in [0, 0.1) is 13.8 Å². The summed E-state index contributed by atoms with van der Waals surface area (Å²) in [6.07, 6.45) is 1.07. The van der Waals surface area contributed by atoms with Gasteiger partial charge in [0.05, 0.1) is 6.10 Å². The zero-order valence-corrected chi connectivity index (χ0v) is 15.2. The number of aliphatic hydroxyl groups excluding tert-OH is 1. The van der Waals surface area contributed by atoms with Crippen LogP contribution in [0.1, 0.15) is 21.6 Å². The van der Waals surface area contributed by atoms with Crippen LogP contribution in [0.15, 0.2) is 30.5 Å². The molecule has 2 N–H and O–H groups in total. The predicted molar refractivity (Wildman–Crippen MR) is 95.7 cm³/mol. The van der Waals surface area contributed by atoms with Crippen molar-refractivity contribution in [1.82, 2.24) is 20.0 Å². The number of likely N-dealkylation sites (N-methyl/N-ethyl adjacent to an activating group) is 1. The van der Waals surface area contributed by atoms with Gasteiger partial charge in [0.1, 0.15) is 11.4 Å². The van der Waals surface area contributed by atoms with Gasteiger partial charge in [0, 0.05) is 19.3 Å². The van der Waals surface area contributed by atoms with Gasteiger partial charge in [-0.15, -0.1) is 0 Å². The Balaban J connectivity index is 1.85. The molecule has 136 valence electrons. The average molecular weight is 346 g/mol. The topological polar surface area (TPSA) is 79.6 Å². The summed E-state index contributed by atoms with van der Waals surface area (Å²) >= 11 is 0. The van der Waals surface area contributed by atoms with Crippen LogP contribution in [-0.4, -0.2) is 59.0 Å². The van der Waals surface area contributed by atoms with Crippen molar-refractivity contribution in [1.29, 1.82) is 0 Å². The zero-order chi connectivity index (χ0) is 18.4. The first-order chi connectivity index (χ1) is 11.8. The zero-order valence-electron chi connectivity index (χ0n) is 15.2. The third kappa shape index (κ3) is 5.88. The highest BCUT2D eigenvalue weighted by Crippen LogP contribution is 2.18. The number of amides is 1. The molecule has 2 aromatic rings. The fourth-order valence-electron chi connectivity index (χ4n) is 2.44. The second-order valence-corrected chi connectivity index (χ2v) is 6.41. The molecule has 0 radical (unpaired) electrons. The largest absolute Gasteiger partial charge is 0.471 e. The van der Waals surface area contributed by atoms with Gasteiger partial charge in [-0.3, -0.25) is 4.79 Å². The maximum absolute atomic E-state index is 12.1. The first-order valence-corrected chi connectivity index (χ1v) is 8.19. The molecule has 0 bridgehead atoms. The van der Waals surface area contributed by atoms with Crippen LogP contribution in [-0.2, 0) is 6.73 Å². The van der Waals surface area contributed by atoms with Crippen LogP contribution in [0.4, 0.5) is 0 Å².